The minimum absolute atomic E-state index is 0.0145. The van der Waals surface area contributed by atoms with Gasteiger partial charge in [-0.2, -0.15) is 9.39 Å². The zero-order chi connectivity index (χ0) is 21.6. The van der Waals surface area contributed by atoms with Gasteiger partial charge in [-0.1, -0.05) is 12.1 Å². The van der Waals surface area contributed by atoms with Gasteiger partial charge < -0.3 is 4.42 Å². The molecule has 0 fully saturated rings. The Morgan fingerprint density at radius 2 is 2.07 bits per heavy atom. The Labute approximate surface area is 173 Å². The van der Waals surface area contributed by atoms with Crippen LogP contribution in [0, 0.1) is 15.5 Å². The van der Waals surface area contributed by atoms with E-state index in [1.165, 1.54) is 30.3 Å². The van der Waals surface area contributed by atoms with Crippen LogP contribution >= 0.6 is 11.9 Å². The molecule has 0 unspecified atom stereocenters. The Hall–Kier alpha value is -3.58. The first-order valence-electron chi connectivity index (χ1n) is 8.18. The van der Waals surface area contributed by atoms with Crippen molar-refractivity contribution < 1.29 is 22.6 Å². The number of hydrogen-bond donors (Lipinski definition) is 1. The van der Waals surface area contributed by atoms with Crippen LogP contribution in [0.1, 0.15) is 5.76 Å². The number of aliphatic imine (C=N–C) groups is 1. The van der Waals surface area contributed by atoms with Crippen molar-refractivity contribution in [1.29, 1.82) is 5.41 Å². The van der Waals surface area contributed by atoms with Gasteiger partial charge in [0.05, 0.1) is 22.4 Å². The Morgan fingerprint density at radius 3 is 2.77 bits per heavy atom. The summed E-state index contributed by atoms with van der Waals surface area (Å²) in [6.07, 6.45) is 2.20. The number of fused-ring (bicyclic) bond motifs is 1. The van der Waals surface area contributed by atoms with Crippen molar-refractivity contribution in [2.75, 3.05) is 6.26 Å². The Balaban J connectivity index is 1.69. The van der Waals surface area contributed by atoms with Crippen LogP contribution in [0.3, 0.4) is 0 Å². The molecule has 13 heteroatoms. The Kier molecular flexibility index (Phi) is 4.63. The average molecular weight is 445 g/mol. The summed E-state index contributed by atoms with van der Waals surface area (Å²) >= 11 is 0.700. The molecule has 1 N–H and O–H groups in total. The highest BCUT2D eigenvalue weighted by Gasteiger charge is 2.41. The first-order valence-corrected chi connectivity index (χ1v) is 10.8. The molecular formula is C17H11N5O6S2. The first-order chi connectivity index (χ1) is 14.1. The van der Waals surface area contributed by atoms with Gasteiger partial charge in [-0.05, 0) is 18.2 Å². The third kappa shape index (κ3) is 3.44. The van der Waals surface area contributed by atoms with E-state index < -0.39 is 26.5 Å². The molecular weight excluding hydrogens is 434 g/mol. The number of benzene rings is 1. The molecule has 11 nitrogen and oxygen atoms in total. The summed E-state index contributed by atoms with van der Waals surface area (Å²) in [4.78, 5) is 27.5. The number of nitro benzene ring substituents is 1. The number of non-ortho nitro benzene ring substituents is 1. The molecule has 0 atom stereocenters. The lowest BCUT2D eigenvalue weighted by Gasteiger charge is -2.23. The summed E-state index contributed by atoms with van der Waals surface area (Å²) in [6, 6.07) is 8.92. The smallest absolute Gasteiger partial charge is 0.283 e. The van der Waals surface area contributed by atoms with Gasteiger partial charge in [0.15, 0.2) is 0 Å². The molecule has 3 heterocycles. The fourth-order valence-electron chi connectivity index (χ4n) is 2.74. The minimum atomic E-state index is -3.75. The predicted octanol–water partition coefficient (Wildman–Crippen LogP) is 2.48. The largest absolute Gasteiger partial charge is 0.457 e. The van der Waals surface area contributed by atoms with Gasteiger partial charge in [0.25, 0.3) is 11.6 Å². The van der Waals surface area contributed by atoms with E-state index in [-0.39, 0.29) is 27.4 Å². The number of nitrogens with zero attached hydrogens (tertiary/aromatic N) is 4. The highest BCUT2D eigenvalue weighted by Crippen LogP contribution is 2.31. The molecule has 2 aliphatic rings. The summed E-state index contributed by atoms with van der Waals surface area (Å²) in [6.45, 7) is 0. The van der Waals surface area contributed by atoms with Crippen molar-refractivity contribution in [3.63, 3.8) is 0 Å². The second kappa shape index (κ2) is 7.03. The number of rotatable bonds is 3. The van der Waals surface area contributed by atoms with Crippen LogP contribution in [0.2, 0.25) is 0 Å². The van der Waals surface area contributed by atoms with Crippen LogP contribution in [0.25, 0.3) is 17.4 Å². The van der Waals surface area contributed by atoms with Crippen LogP contribution in [0.4, 0.5) is 5.69 Å². The number of nitrogens with one attached hydrogen (secondary N) is 1. The van der Waals surface area contributed by atoms with Crippen molar-refractivity contribution in [3.05, 3.63) is 57.8 Å². The zero-order valence-corrected chi connectivity index (χ0v) is 16.7. The summed E-state index contributed by atoms with van der Waals surface area (Å²) in [7, 11) is -3.75. The van der Waals surface area contributed by atoms with Gasteiger partial charge in [0.2, 0.25) is 20.2 Å². The molecule has 0 saturated carbocycles. The molecule has 0 radical (unpaired) electrons. The highest BCUT2D eigenvalue weighted by molar-refractivity contribution is 8.16. The van der Waals surface area contributed by atoms with Crippen LogP contribution < -0.4 is 0 Å². The fourth-order valence-corrected chi connectivity index (χ4v) is 4.58. The summed E-state index contributed by atoms with van der Waals surface area (Å²) < 4.78 is 33.2. The molecule has 1 aromatic carbocycles. The lowest BCUT2D eigenvalue weighted by atomic mass is 10.1. The lowest BCUT2D eigenvalue weighted by Crippen LogP contribution is -2.45. The number of furan rings is 1. The van der Waals surface area contributed by atoms with Gasteiger partial charge in [-0.25, -0.2) is 13.3 Å². The normalized spacial score (nSPS) is 17.8. The minimum Gasteiger partial charge on any atom is -0.457 e. The Morgan fingerprint density at radius 1 is 1.30 bits per heavy atom. The quantitative estimate of drug-likeness (QED) is 0.326. The topological polar surface area (TPSA) is 159 Å². The molecule has 0 aliphatic carbocycles. The van der Waals surface area contributed by atoms with Gasteiger partial charge in [0.1, 0.15) is 17.4 Å². The third-order valence-corrected chi connectivity index (χ3v) is 5.83. The standard InChI is InChI=1S/C17H11N5O6S2/c1-30(26,27)17-20-29-16-19-15(23)12(14(18)21(16)17)8-11-5-6-13(28-11)9-3-2-4-10(7-9)22(24)25/h2-8,18H,1H3/b12-8-,18-14?. The maximum atomic E-state index is 12.4. The van der Waals surface area contributed by atoms with Gasteiger partial charge in [-0.15, -0.1) is 0 Å². The van der Waals surface area contributed by atoms with E-state index in [1.807, 2.05) is 0 Å². The number of sulfone groups is 1. The fraction of sp³-hybridized carbons (Fsp3) is 0.0588. The summed E-state index contributed by atoms with van der Waals surface area (Å²) in [5.41, 5.74) is 0.174. The number of amides is 1. The van der Waals surface area contributed by atoms with Crippen molar-refractivity contribution in [1.82, 2.24) is 4.90 Å². The van der Waals surface area contributed by atoms with Crippen molar-refractivity contribution in [2.24, 2.45) is 9.39 Å². The van der Waals surface area contributed by atoms with E-state index in [2.05, 4.69) is 9.39 Å². The maximum Gasteiger partial charge on any atom is 0.283 e. The summed E-state index contributed by atoms with van der Waals surface area (Å²) in [5.74, 6) is -0.628. The molecule has 0 spiro atoms. The second-order valence-electron chi connectivity index (χ2n) is 6.19. The van der Waals surface area contributed by atoms with E-state index in [0.29, 0.717) is 23.3 Å². The number of carbonyl (C=O) groups excluding carboxylic acids is 1. The first kappa shape index (κ1) is 19.7. The number of carbonyl (C=O) groups is 1. The van der Waals surface area contributed by atoms with Gasteiger partial charge in [-0.3, -0.25) is 20.3 Å². The number of hydrogen-bond acceptors (Lipinski definition) is 9. The molecule has 30 heavy (non-hydrogen) atoms. The average Bonchev–Trinajstić information content (AvgIpc) is 3.32. The van der Waals surface area contributed by atoms with Gasteiger partial charge >= 0.3 is 0 Å². The van der Waals surface area contributed by atoms with Crippen molar-refractivity contribution in [2.45, 2.75) is 0 Å². The van der Waals surface area contributed by atoms with Crippen LogP contribution in [-0.2, 0) is 14.6 Å². The van der Waals surface area contributed by atoms with E-state index in [0.717, 1.165) is 11.2 Å². The van der Waals surface area contributed by atoms with Crippen molar-refractivity contribution >= 4 is 55.6 Å². The molecule has 0 saturated heterocycles. The SMILES string of the molecule is CS(=O)(=O)C1=NSC2=NC(=O)/C(=C\c3ccc(-c4cccc([N+](=O)[O-])c4)o3)C(=N)N21. The Bertz CT molecular complexity index is 1320. The molecule has 2 aromatic rings. The molecule has 1 aromatic heterocycles. The van der Waals surface area contributed by atoms with E-state index in [9.17, 15) is 23.3 Å². The third-order valence-electron chi connectivity index (χ3n) is 4.08. The predicted molar refractivity (Wildman–Crippen MR) is 111 cm³/mol. The molecule has 0 bridgehead atoms. The van der Waals surface area contributed by atoms with Crippen molar-refractivity contribution in [3.8, 4) is 11.3 Å². The number of nitro groups is 1. The van der Waals surface area contributed by atoms with E-state index in [4.69, 9.17) is 9.83 Å². The molecule has 152 valence electrons. The summed E-state index contributed by atoms with van der Waals surface area (Å²) in [5, 5.41) is 18.8. The molecule has 2 aliphatic heterocycles. The maximum absolute atomic E-state index is 12.4. The van der Waals surface area contributed by atoms with Crippen LogP contribution in [0.5, 0.6) is 0 Å². The molecule has 1 amide bonds. The zero-order valence-electron chi connectivity index (χ0n) is 15.1. The second-order valence-corrected chi connectivity index (χ2v) is 8.83. The van der Waals surface area contributed by atoms with E-state index in [1.54, 1.807) is 12.1 Å². The number of amidine groups is 3. The lowest BCUT2D eigenvalue weighted by molar-refractivity contribution is -0.384. The molecule has 4 rings (SSSR count). The van der Waals surface area contributed by atoms with Gasteiger partial charge in [0, 0.05) is 24.0 Å². The van der Waals surface area contributed by atoms with Crippen LogP contribution in [-0.4, -0.2) is 46.6 Å². The van der Waals surface area contributed by atoms with E-state index >= 15 is 0 Å². The van der Waals surface area contributed by atoms with Crippen LogP contribution in [0.15, 0.2) is 55.8 Å². The monoisotopic (exact) mass is 445 g/mol. The highest BCUT2D eigenvalue weighted by atomic mass is 32.2.